The van der Waals surface area contributed by atoms with Crippen molar-refractivity contribution in [3.8, 4) is 5.75 Å². The molecule has 0 aliphatic heterocycles. The Morgan fingerprint density at radius 1 is 0.955 bits per heavy atom. The predicted octanol–water partition coefficient (Wildman–Crippen LogP) is 5.04. The van der Waals surface area contributed by atoms with Gasteiger partial charge in [-0.2, -0.15) is 0 Å². The fraction of sp³-hybridized carbons (Fsp3) is 0.118. The van der Waals surface area contributed by atoms with Gasteiger partial charge in [0.2, 0.25) is 0 Å². The molecule has 0 unspecified atom stereocenters. The number of H-pyrrole nitrogens is 1. The minimum atomic E-state index is 0. The molecule has 0 aliphatic rings. The summed E-state index contributed by atoms with van der Waals surface area (Å²) >= 11 is 0. The number of phenols is 1. The number of nitrogens with zero attached hydrogens (tertiary/aromatic N) is 1. The van der Waals surface area contributed by atoms with Crippen LogP contribution in [0.25, 0.3) is 32.6 Å². The second-order valence-electron chi connectivity index (χ2n) is 5.28. The number of rotatable bonds is 0. The molecule has 4 rings (SSSR count). The van der Waals surface area contributed by atoms with Crippen LogP contribution in [0.5, 0.6) is 5.75 Å². The molecule has 2 aromatic heterocycles. The van der Waals surface area contributed by atoms with Crippen molar-refractivity contribution in [2.75, 3.05) is 0 Å². The highest BCUT2D eigenvalue weighted by Gasteiger charge is 2.14. The van der Waals surface area contributed by atoms with Crippen LogP contribution in [-0.2, 0) is 0 Å². The van der Waals surface area contributed by atoms with Crippen molar-refractivity contribution >= 4 is 57.4 Å². The van der Waals surface area contributed by atoms with Crippen molar-refractivity contribution in [1.29, 1.82) is 0 Å². The zero-order chi connectivity index (χ0) is 13.9. The Balaban J connectivity index is 0.000000882. The van der Waals surface area contributed by atoms with Crippen LogP contribution in [0.4, 0.5) is 0 Å². The van der Waals surface area contributed by atoms with Crippen molar-refractivity contribution in [3.63, 3.8) is 0 Å². The Kier molecular flexibility index (Phi) is 4.23. The lowest BCUT2D eigenvalue weighted by atomic mass is 9.97. The summed E-state index contributed by atoms with van der Waals surface area (Å²) in [5.41, 5.74) is 4.61. The standard InChI is InChI=1S/C17H14N2O.2ClH/c1-9-14-8-18-6-5-12(14)10(2)17-16(9)13-7-11(20)3-4-15(13)19-17;;/h3-8,19-20H,1-2H3;2*1H. The Morgan fingerprint density at radius 3 is 2.50 bits per heavy atom. The molecule has 0 spiro atoms. The Morgan fingerprint density at radius 2 is 1.73 bits per heavy atom. The molecule has 2 aromatic carbocycles. The second kappa shape index (κ2) is 5.67. The molecule has 0 saturated carbocycles. The van der Waals surface area contributed by atoms with Gasteiger partial charge >= 0.3 is 0 Å². The Hall–Kier alpha value is -1.97. The first-order valence-electron chi connectivity index (χ1n) is 6.64. The summed E-state index contributed by atoms with van der Waals surface area (Å²) in [6.45, 7) is 4.24. The highest BCUT2D eigenvalue weighted by atomic mass is 35.5. The van der Waals surface area contributed by atoms with Gasteiger partial charge in [-0.05, 0) is 54.6 Å². The molecule has 2 N–H and O–H groups in total. The molecule has 0 bridgehead atoms. The van der Waals surface area contributed by atoms with Crippen LogP contribution < -0.4 is 0 Å². The zero-order valence-electron chi connectivity index (χ0n) is 12.2. The molecular formula is C17H16Cl2N2O. The lowest BCUT2D eigenvalue weighted by Crippen LogP contribution is -1.87. The summed E-state index contributed by atoms with van der Waals surface area (Å²) < 4.78 is 0. The van der Waals surface area contributed by atoms with Crippen LogP contribution in [0.15, 0.2) is 36.7 Å². The molecule has 5 heteroatoms. The first-order chi connectivity index (χ1) is 9.66. The number of pyridine rings is 1. The van der Waals surface area contributed by atoms with Crippen molar-refractivity contribution in [3.05, 3.63) is 47.8 Å². The summed E-state index contributed by atoms with van der Waals surface area (Å²) in [5.74, 6) is 0.293. The third-order valence-electron chi connectivity index (χ3n) is 4.16. The van der Waals surface area contributed by atoms with Gasteiger partial charge in [-0.3, -0.25) is 4.98 Å². The third-order valence-corrected chi connectivity index (χ3v) is 4.16. The zero-order valence-corrected chi connectivity index (χ0v) is 13.8. The van der Waals surface area contributed by atoms with Gasteiger partial charge in [-0.25, -0.2) is 0 Å². The minimum absolute atomic E-state index is 0. The number of fused-ring (bicyclic) bond motifs is 4. The van der Waals surface area contributed by atoms with E-state index in [0.717, 1.165) is 16.4 Å². The lowest BCUT2D eigenvalue weighted by molar-refractivity contribution is 0.476. The predicted molar refractivity (Wildman–Crippen MR) is 96.7 cm³/mol. The average Bonchev–Trinajstić information content (AvgIpc) is 2.84. The first kappa shape index (κ1) is 16.4. The number of aromatic nitrogens is 2. The number of phenolic OH excluding ortho intramolecular Hbond substituents is 1. The second-order valence-corrected chi connectivity index (χ2v) is 5.28. The summed E-state index contributed by atoms with van der Waals surface area (Å²) in [6, 6.07) is 7.51. The maximum absolute atomic E-state index is 9.76. The Labute approximate surface area is 140 Å². The van der Waals surface area contributed by atoms with E-state index in [9.17, 15) is 5.11 Å². The van der Waals surface area contributed by atoms with Gasteiger partial charge < -0.3 is 10.1 Å². The van der Waals surface area contributed by atoms with E-state index in [0.29, 0.717) is 5.75 Å². The van der Waals surface area contributed by atoms with Gasteiger partial charge in [-0.1, -0.05) is 0 Å². The maximum atomic E-state index is 9.76. The summed E-state index contributed by atoms with van der Waals surface area (Å²) in [6.07, 6.45) is 3.74. The van der Waals surface area contributed by atoms with E-state index >= 15 is 0 Å². The first-order valence-corrected chi connectivity index (χ1v) is 6.64. The molecule has 0 atom stereocenters. The van der Waals surface area contributed by atoms with Gasteiger partial charge in [-0.15, -0.1) is 24.8 Å². The number of hydrogen-bond acceptors (Lipinski definition) is 2. The van der Waals surface area contributed by atoms with Crippen molar-refractivity contribution in [2.24, 2.45) is 0 Å². The van der Waals surface area contributed by atoms with Crippen LogP contribution in [0.2, 0.25) is 0 Å². The van der Waals surface area contributed by atoms with E-state index in [1.54, 1.807) is 6.07 Å². The molecule has 4 aromatic rings. The number of nitrogens with one attached hydrogen (secondary N) is 1. The van der Waals surface area contributed by atoms with Crippen molar-refractivity contribution in [2.45, 2.75) is 13.8 Å². The third kappa shape index (κ3) is 2.09. The number of hydrogen-bond donors (Lipinski definition) is 2. The number of aryl methyl sites for hydroxylation is 2. The van der Waals surface area contributed by atoms with Crippen molar-refractivity contribution in [1.82, 2.24) is 9.97 Å². The number of benzene rings is 2. The largest absolute Gasteiger partial charge is 0.508 e. The SMILES string of the molecule is Cc1c2ccncc2c(C)c2c1[nH]c1ccc(O)cc12.Cl.Cl. The van der Waals surface area contributed by atoms with E-state index in [2.05, 4.69) is 29.9 Å². The molecule has 0 fully saturated rings. The Bertz CT molecular complexity index is 992. The van der Waals surface area contributed by atoms with Gasteiger partial charge in [0.1, 0.15) is 5.75 Å². The van der Waals surface area contributed by atoms with Crippen LogP contribution in [-0.4, -0.2) is 15.1 Å². The summed E-state index contributed by atoms with van der Waals surface area (Å²) in [5, 5.41) is 14.4. The van der Waals surface area contributed by atoms with Crippen LogP contribution in [0.1, 0.15) is 11.1 Å². The monoisotopic (exact) mass is 334 g/mol. The van der Waals surface area contributed by atoms with Crippen molar-refractivity contribution < 1.29 is 5.11 Å². The van der Waals surface area contributed by atoms with Crippen LogP contribution in [0, 0.1) is 13.8 Å². The van der Waals surface area contributed by atoms with E-state index < -0.39 is 0 Å². The summed E-state index contributed by atoms with van der Waals surface area (Å²) in [4.78, 5) is 7.72. The molecule has 0 aliphatic carbocycles. The van der Waals surface area contributed by atoms with E-state index in [1.165, 1.54) is 27.3 Å². The molecule has 114 valence electrons. The molecule has 0 saturated heterocycles. The van der Waals surface area contributed by atoms with Gasteiger partial charge in [0.25, 0.3) is 0 Å². The van der Waals surface area contributed by atoms with Gasteiger partial charge in [0.05, 0.1) is 5.52 Å². The van der Waals surface area contributed by atoms with Crippen LogP contribution >= 0.6 is 24.8 Å². The fourth-order valence-corrected chi connectivity index (χ4v) is 3.14. The topological polar surface area (TPSA) is 48.9 Å². The number of aromatic hydroxyl groups is 1. The van der Waals surface area contributed by atoms with Crippen LogP contribution in [0.3, 0.4) is 0 Å². The quantitative estimate of drug-likeness (QED) is 0.473. The van der Waals surface area contributed by atoms with E-state index in [-0.39, 0.29) is 24.8 Å². The lowest BCUT2D eigenvalue weighted by Gasteiger charge is -2.08. The number of aromatic amines is 1. The van der Waals surface area contributed by atoms with E-state index in [1.807, 2.05) is 24.5 Å². The normalized spacial score (nSPS) is 10.6. The molecule has 2 heterocycles. The molecular weight excluding hydrogens is 319 g/mol. The highest BCUT2D eigenvalue weighted by Crippen LogP contribution is 2.37. The highest BCUT2D eigenvalue weighted by molar-refractivity contribution is 6.16. The molecule has 22 heavy (non-hydrogen) atoms. The van der Waals surface area contributed by atoms with Gasteiger partial charge in [0.15, 0.2) is 0 Å². The van der Waals surface area contributed by atoms with E-state index in [4.69, 9.17) is 0 Å². The summed E-state index contributed by atoms with van der Waals surface area (Å²) in [7, 11) is 0. The molecule has 0 amide bonds. The van der Waals surface area contributed by atoms with Gasteiger partial charge in [0, 0.05) is 34.1 Å². The minimum Gasteiger partial charge on any atom is -0.508 e. The molecule has 3 nitrogen and oxygen atoms in total. The number of halogens is 2. The fourth-order valence-electron chi connectivity index (χ4n) is 3.14. The smallest absolute Gasteiger partial charge is 0.116 e. The average molecular weight is 335 g/mol. The maximum Gasteiger partial charge on any atom is 0.116 e. The molecule has 0 radical (unpaired) electrons.